The third-order valence-corrected chi connectivity index (χ3v) is 5.28. The molecule has 0 bridgehead atoms. The topological polar surface area (TPSA) is 92.3 Å². The van der Waals surface area contributed by atoms with Crippen LogP contribution in [-0.4, -0.2) is 38.0 Å². The van der Waals surface area contributed by atoms with E-state index in [0.717, 1.165) is 43.6 Å². The van der Waals surface area contributed by atoms with E-state index < -0.39 is 0 Å². The first kappa shape index (κ1) is 15.9. The summed E-state index contributed by atoms with van der Waals surface area (Å²) in [6, 6.07) is 4.59. The van der Waals surface area contributed by atoms with Crippen LogP contribution >= 0.6 is 11.5 Å². The molecule has 1 saturated carbocycles. The summed E-state index contributed by atoms with van der Waals surface area (Å²) in [5.74, 6) is -0.920. The highest BCUT2D eigenvalue weighted by Crippen LogP contribution is 2.31. The standard InChI is InChI=1S/C17H16N4O3S/c22-14(20-17-18-9-19-25-17)10-6-7-12-13(8-10)16(24)21(15(12)23)11-4-2-1-3-5-11/h6-9,11H,1-5H2,(H,18,19,20,22). The Morgan fingerprint density at radius 2 is 1.88 bits per heavy atom. The van der Waals surface area contributed by atoms with Gasteiger partial charge in [-0.15, -0.1) is 0 Å². The lowest BCUT2D eigenvalue weighted by Crippen LogP contribution is -2.40. The molecule has 2 aliphatic rings. The minimum absolute atomic E-state index is 0.0279. The maximum Gasteiger partial charge on any atom is 0.261 e. The smallest absolute Gasteiger partial charge is 0.261 e. The molecule has 1 N–H and O–H groups in total. The first-order valence-corrected chi connectivity index (χ1v) is 9.02. The average Bonchev–Trinajstić information content (AvgIpc) is 3.23. The summed E-state index contributed by atoms with van der Waals surface area (Å²) in [5.41, 5.74) is 1.00. The molecule has 1 aromatic carbocycles. The number of amides is 3. The lowest BCUT2D eigenvalue weighted by molar-refractivity contribution is 0.0549. The number of anilines is 1. The number of fused-ring (bicyclic) bond motifs is 1. The van der Waals surface area contributed by atoms with E-state index in [-0.39, 0.29) is 23.8 Å². The number of aromatic nitrogens is 2. The normalized spacial score (nSPS) is 17.7. The average molecular weight is 356 g/mol. The molecule has 8 heteroatoms. The van der Waals surface area contributed by atoms with Gasteiger partial charge in [-0.1, -0.05) is 19.3 Å². The number of benzene rings is 1. The van der Waals surface area contributed by atoms with Crippen LogP contribution in [0.4, 0.5) is 5.13 Å². The van der Waals surface area contributed by atoms with Crippen molar-refractivity contribution in [1.29, 1.82) is 0 Å². The number of hydrogen-bond donors (Lipinski definition) is 1. The van der Waals surface area contributed by atoms with E-state index in [2.05, 4.69) is 14.7 Å². The fourth-order valence-electron chi connectivity index (χ4n) is 3.47. The van der Waals surface area contributed by atoms with E-state index in [9.17, 15) is 14.4 Å². The van der Waals surface area contributed by atoms with Crippen LogP contribution in [0.5, 0.6) is 0 Å². The van der Waals surface area contributed by atoms with Gasteiger partial charge in [0, 0.05) is 23.1 Å². The van der Waals surface area contributed by atoms with E-state index in [1.165, 1.54) is 17.3 Å². The molecule has 128 valence electrons. The first-order chi connectivity index (χ1) is 12.1. The van der Waals surface area contributed by atoms with Crippen LogP contribution < -0.4 is 5.32 Å². The molecular formula is C17H16N4O3S. The maximum atomic E-state index is 12.8. The number of imide groups is 1. The Balaban J connectivity index is 1.59. The molecule has 2 aromatic rings. The number of carbonyl (C=O) groups excluding carboxylic acids is 3. The summed E-state index contributed by atoms with van der Waals surface area (Å²) in [7, 11) is 0. The van der Waals surface area contributed by atoms with Crippen molar-refractivity contribution >= 4 is 34.4 Å². The third kappa shape index (κ3) is 2.82. The molecule has 25 heavy (non-hydrogen) atoms. The molecule has 0 radical (unpaired) electrons. The molecule has 1 aliphatic carbocycles. The Labute approximate surface area is 148 Å². The van der Waals surface area contributed by atoms with Crippen LogP contribution in [-0.2, 0) is 0 Å². The number of nitrogens with one attached hydrogen (secondary N) is 1. The fraction of sp³-hybridized carbons (Fsp3) is 0.353. The molecule has 7 nitrogen and oxygen atoms in total. The van der Waals surface area contributed by atoms with Crippen LogP contribution in [0.3, 0.4) is 0 Å². The van der Waals surface area contributed by atoms with Gasteiger partial charge in [0.1, 0.15) is 6.33 Å². The van der Waals surface area contributed by atoms with Gasteiger partial charge < -0.3 is 0 Å². The molecule has 1 aliphatic heterocycles. The third-order valence-electron chi connectivity index (χ3n) is 4.70. The fourth-order valence-corrected chi connectivity index (χ4v) is 3.90. The van der Waals surface area contributed by atoms with Gasteiger partial charge in [-0.3, -0.25) is 24.6 Å². The molecule has 3 amide bonds. The Morgan fingerprint density at radius 3 is 2.60 bits per heavy atom. The SMILES string of the molecule is O=C(Nc1ncns1)c1ccc2c(c1)C(=O)N(C1CCCCC1)C2=O. The van der Waals surface area contributed by atoms with Crippen molar-refractivity contribution in [3.8, 4) is 0 Å². The summed E-state index contributed by atoms with van der Waals surface area (Å²) in [6.45, 7) is 0. The van der Waals surface area contributed by atoms with E-state index >= 15 is 0 Å². The van der Waals surface area contributed by atoms with Crippen LogP contribution in [0.1, 0.15) is 63.2 Å². The van der Waals surface area contributed by atoms with Gasteiger partial charge in [-0.05, 0) is 31.0 Å². The Kier molecular flexibility index (Phi) is 4.04. The van der Waals surface area contributed by atoms with Crippen LogP contribution in [0.25, 0.3) is 0 Å². The lowest BCUT2D eigenvalue weighted by Gasteiger charge is -2.29. The number of carbonyl (C=O) groups is 3. The van der Waals surface area contributed by atoms with Gasteiger partial charge in [0.2, 0.25) is 5.13 Å². The largest absolute Gasteiger partial charge is 0.297 e. The number of nitrogens with zero attached hydrogens (tertiary/aromatic N) is 3. The van der Waals surface area contributed by atoms with Crippen molar-refractivity contribution in [3.05, 3.63) is 41.2 Å². The molecule has 1 fully saturated rings. The van der Waals surface area contributed by atoms with Crippen molar-refractivity contribution in [3.63, 3.8) is 0 Å². The van der Waals surface area contributed by atoms with Gasteiger partial charge in [0.05, 0.1) is 11.1 Å². The quantitative estimate of drug-likeness (QED) is 0.854. The zero-order valence-electron chi connectivity index (χ0n) is 13.4. The molecule has 0 spiro atoms. The highest BCUT2D eigenvalue weighted by molar-refractivity contribution is 7.09. The van der Waals surface area contributed by atoms with Gasteiger partial charge in [0.15, 0.2) is 0 Å². The van der Waals surface area contributed by atoms with E-state index in [4.69, 9.17) is 0 Å². The Bertz CT molecular complexity index is 844. The van der Waals surface area contributed by atoms with Crippen molar-refractivity contribution in [2.75, 3.05) is 5.32 Å². The summed E-state index contributed by atoms with van der Waals surface area (Å²) in [6.07, 6.45) is 6.29. The summed E-state index contributed by atoms with van der Waals surface area (Å²) in [4.78, 5) is 43.0. The van der Waals surface area contributed by atoms with Crippen molar-refractivity contribution < 1.29 is 14.4 Å². The van der Waals surface area contributed by atoms with Gasteiger partial charge in [-0.2, -0.15) is 4.37 Å². The van der Waals surface area contributed by atoms with E-state index in [1.54, 1.807) is 12.1 Å². The zero-order valence-corrected chi connectivity index (χ0v) is 14.2. The Hall–Kier alpha value is -2.61. The Morgan fingerprint density at radius 1 is 1.12 bits per heavy atom. The summed E-state index contributed by atoms with van der Waals surface area (Å²) in [5, 5.41) is 3.01. The van der Waals surface area contributed by atoms with Crippen LogP contribution in [0.15, 0.2) is 24.5 Å². The predicted molar refractivity (Wildman–Crippen MR) is 91.7 cm³/mol. The molecule has 1 aromatic heterocycles. The second-order valence-electron chi connectivity index (χ2n) is 6.23. The monoisotopic (exact) mass is 356 g/mol. The summed E-state index contributed by atoms with van der Waals surface area (Å²) >= 11 is 1.07. The molecule has 2 heterocycles. The minimum Gasteiger partial charge on any atom is -0.297 e. The molecule has 0 atom stereocenters. The molecule has 4 rings (SSSR count). The molecule has 0 unspecified atom stereocenters. The highest BCUT2D eigenvalue weighted by atomic mass is 32.1. The van der Waals surface area contributed by atoms with Crippen molar-refractivity contribution in [2.45, 2.75) is 38.1 Å². The zero-order chi connectivity index (χ0) is 17.4. The van der Waals surface area contributed by atoms with E-state index in [0.29, 0.717) is 21.8 Å². The highest BCUT2D eigenvalue weighted by Gasteiger charge is 2.40. The second-order valence-corrected chi connectivity index (χ2v) is 7.01. The van der Waals surface area contributed by atoms with E-state index in [1.807, 2.05) is 0 Å². The van der Waals surface area contributed by atoms with Crippen molar-refractivity contribution in [2.24, 2.45) is 0 Å². The molecule has 0 saturated heterocycles. The molecular weight excluding hydrogens is 340 g/mol. The van der Waals surface area contributed by atoms with Gasteiger partial charge >= 0.3 is 0 Å². The minimum atomic E-state index is -0.379. The van der Waals surface area contributed by atoms with Gasteiger partial charge in [0.25, 0.3) is 17.7 Å². The van der Waals surface area contributed by atoms with Crippen LogP contribution in [0.2, 0.25) is 0 Å². The lowest BCUT2D eigenvalue weighted by atomic mass is 9.94. The first-order valence-electron chi connectivity index (χ1n) is 8.25. The predicted octanol–water partition coefficient (Wildman–Crippen LogP) is 2.72. The second kappa shape index (κ2) is 6.36. The van der Waals surface area contributed by atoms with Crippen LogP contribution in [0, 0.1) is 0 Å². The summed E-state index contributed by atoms with van der Waals surface area (Å²) < 4.78 is 3.82. The van der Waals surface area contributed by atoms with Crippen molar-refractivity contribution in [1.82, 2.24) is 14.3 Å². The van der Waals surface area contributed by atoms with Gasteiger partial charge in [-0.25, -0.2) is 4.98 Å². The maximum absolute atomic E-state index is 12.8. The number of hydrogen-bond acceptors (Lipinski definition) is 6. The number of rotatable bonds is 3.